The lowest BCUT2D eigenvalue weighted by atomic mass is 9.61. The first-order valence-corrected chi connectivity index (χ1v) is 21.5. The van der Waals surface area contributed by atoms with Crippen LogP contribution in [0.25, 0.3) is 86.9 Å². The minimum atomic E-state index is -0.788. The summed E-state index contributed by atoms with van der Waals surface area (Å²) in [6.07, 6.45) is 0. The third-order valence-corrected chi connectivity index (χ3v) is 13.5. The van der Waals surface area contributed by atoms with Crippen LogP contribution in [0.3, 0.4) is 0 Å². The molecule has 1 aliphatic rings. The Hall–Kier alpha value is -8.00. The molecular formula is C61H38O. The lowest BCUT2D eigenvalue weighted by Crippen LogP contribution is -2.35. The molecule has 62 heavy (non-hydrogen) atoms. The molecule has 1 aliphatic heterocycles. The molecule has 0 saturated heterocycles. The van der Waals surface area contributed by atoms with Gasteiger partial charge in [-0.3, -0.25) is 0 Å². The number of rotatable bonds is 4. The lowest BCUT2D eigenvalue weighted by Gasteiger charge is -2.44. The maximum absolute atomic E-state index is 7.57. The van der Waals surface area contributed by atoms with Crippen LogP contribution in [0.4, 0.5) is 0 Å². The predicted molar refractivity (Wildman–Crippen MR) is 261 cm³/mol. The zero-order chi connectivity index (χ0) is 40.8. The van der Waals surface area contributed by atoms with E-state index < -0.39 is 5.41 Å². The van der Waals surface area contributed by atoms with Gasteiger partial charge < -0.3 is 4.74 Å². The highest BCUT2D eigenvalue weighted by Crippen LogP contribution is 2.62. The van der Waals surface area contributed by atoms with E-state index in [1.807, 2.05) is 0 Å². The standard InChI is InChI=1S/C61H38O/c1-3-19-39(20-4-1)55-49-29-13-7-23-43(49)44-24-8-14-30-50(44)56(55)40-35-37-42(38-36-40)61(41-21-5-2-6-22-41)57-51-31-15-9-25-45(51)47-27-11-17-33-53(47)59(57)62-60-54-34-18-12-28-48(54)46-26-10-16-32-52(46)58(60)61/h1-38H. The first kappa shape index (κ1) is 34.8. The van der Waals surface area contributed by atoms with Crippen LogP contribution < -0.4 is 4.74 Å². The van der Waals surface area contributed by atoms with Crippen LogP contribution in [0.5, 0.6) is 11.5 Å². The van der Waals surface area contributed by atoms with Gasteiger partial charge >= 0.3 is 0 Å². The summed E-state index contributed by atoms with van der Waals surface area (Å²) in [4.78, 5) is 0. The van der Waals surface area contributed by atoms with Crippen molar-refractivity contribution in [2.24, 2.45) is 0 Å². The highest BCUT2D eigenvalue weighted by Gasteiger charge is 2.49. The second-order valence-corrected chi connectivity index (χ2v) is 16.6. The fourth-order valence-electron chi connectivity index (χ4n) is 11.1. The molecular weight excluding hydrogens is 749 g/mol. The zero-order valence-corrected chi connectivity index (χ0v) is 33.8. The van der Waals surface area contributed by atoms with Gasteiger partial charge in [0.05, 0.1) is 5.41 Å². The summed E-state index contributed by atoms with van der Waals surface area (Å²) in [6, 6.07) is 84.8. The Bertz CT molecular complexity index is 3630. The average Bonchev–Trinajstić information content (AvgIpc) is 3.36. The SMILES string of the molecule is c1ccc(-c2c(-c3ccc(C4(c5ccccc5)c5c(c6ccccc6c6ccccc56)Oc5c4c4ccccc4c4ccccc54)cc3)c3ccccc3c3ccccc23)cc1. The molecule has 0 aromatic heterocycles. The molecule has 288 valence electrons. The normalized spacial score (nSPS) is 13.1. The zero-order valence-electron chi connectivity index (χ0n) is 33.8. The maximum atomic E-state index is 7.57. The van der Waals surface area contributed by atoms with Gasteiger partial charge in [-0.15, -0.1) is 0 Å². The van der Waals surface area contributed by atoms with E-state index in [1.54, 1.807) is 0 Å². The van der Waals surface area contributed by atoms with Gasteiger partial charge in [-0.05, 0) is 87.2 Å². The monoisotopic (exact) mass is 786 g/mol. The summed E-state index contributed by atoms with van der Waals surface area (Å²) >= 11 is 0. The number of benzene rings is 12. The molecule has 1 nitrogen and oxygen atoms in total. The molecule has 12 aromatic rings. The van der Waals surface area contributed by atoms with Crippen LogP contribution in [-0.2, 0) is 5.41 Å². The molecule has 0 bridgehead atoms. The van der Waals surface area contributed by atoms with Crippen LogP contribution >= 0.6 is 0 Å². The lowest BCUT2D eigenvalue weighted by molar-refractivity contribution is 0.449. The van der Waals surface area contributed by atoms with Crippen molar-refractivity contribution >= 4 is 64.6 Å². The van der Waals surface area contributed by atoms with Gasteiger partial charge in [-0.1, -0.05) is 231 Å². The summed E-state index contributed by atoms with van der Waals surface area (Å²) in [5.41, 5.74) is 8.80. The van der Waals surface area contributed by atoms with Gasteiger partial charge in [0.15, 0.2) is 0 Å². The van der Waals surface area contributed by atoms with Gasteiger partial charge in [-0.25, -0.2) is 0 Å². The summed E-state index contributed by atoms with van der Waals surface area (Å²) in [5.74, 6) is 1.82. The molecule has 13 rings (SSSR count). The Morgan fingerprint density at radius 2 is 0.516 bits per heavy atom. The van der Waals surface area contributed by atoms with Gasteiger partial charge in [-0.2, -0.15) is 0 Å². The minimum absolute atomic E-state index is 0.788. The van der Waals surface area contributed by atoms with Crippen molar-refractivity contribution in [2.75, 3.05) is 0 Å². The number of ether oxygens (including phenoxy) is 1. The van der Waals surface area contributed by atoms with E-state index in [1.165, 1.54) is 98.4 Å². The van der Waals surface area contributed by atoms with E-state index in [2.05, 4.69) is 231 Å². The third kappa shape index (κ3) is 4.79. The van der Waals surface area contributed by atoms with Crippen LogP contribution in [0.2, 0.25) is 0 Å². The quantitative estimate of drug-likeness (QED) is 0.161. The maximum Gasteiger partial charge on any atom is 0.140 e. The fraction of sp³-hybridized carbons (Fsp3) is 0.0164. The van der Waals surface area contributed by atoms with E-state index in [9.17, 15) is 0 Å². The molecule has 0 N–H and O–H groups in total. The molecule has 0 fully saturated rings. The van der Waals surface area contributed by atoms with Gasteiger partial charge in [0.25, 0.3) is 0 Å². The topological polar surface area (TPSA) is 9.23 Å². The number of hydrogen-bond donors (Lipinski definition) is 0. The molecule has 0 saturated carbocycles. The Balaban J connectivity index is 1.21. The van der Waals surface area contributed by atoms with E-state index in [0.717, 1.165) is 22.3 Å². The summed E-state index contributed by atoms with van der Waals surface area (Å²) < 4.78 is 7.57. The van der Waals surface area contributed by atoms with Crippen LogP contribution in [0.1, 0.15) is 22.3 Å². The summed E-state index contributed by atoms with van der Waals surface area (Å²) in [5, 5.41) is 14.4. The predicted octanol–water partition coefficient (Wildman–Crippen LogP) is 16.4. The molecule has 0 aliphatic carbocycles. The van der Waals surface area contributed by atoms with E-state index >= 15 is 0 Å². The highest BCUT2D eigenvalue weighted by atomic mass is 16.5. The van der Waals surface area contributed by atoms with Gasteiger partial charge in [0.1, 0.15) is 11.5 Å². The fourth-order valence-corrected chi connectivity index (χ4v) is 11.1. The molecule has 12 aromatic carbocycles. The van der Waals surface area contributed by atoms with Crippen molar-refractivity contribution in [1.82, 2.24) is 0 Å². The van der Waals surface area contributed by atoms with Crippen molar-refractivity contribution in [3.8, 4) is 33.8 Å². The minimum Gasteiger partial charge on any atom is -0.455 e. The summed E-state index contributed by atoms with van der Waals surface area (Å²) in [6.45, 7) is 0. The number of fused-ring (bicyclic) bond motifs is 15. The Kier molecular flexibility index (Phi) is 7.59. The molecule has 1 heterocycles. The highest BCUT2D eigenvalue weighted by molar-refractivity contribution is 6.22. The molecule has 0 amide bonds. The number of hydrogen-bond acceptors (Lipinski definition) is 1. The second kappa shape index (κ2) is 13.5. The van der Waals surface area contributed by atoms with Crippen LogP contribution in [0, 0.1) is 0 Å². The first-order chi connectivity index (χ1) is 30.8. The van der Waals surface area contributed by atoms with Crippen LogP contribution in [0.15, 0.2) is 231 Å². The van der Waals surface area contributed by atoms with E-state index in [4.69, 9.17) is 4.74 Å². The smallest absolute Gasteiger partial charge is 0.140 e. The first-order valence-electron chi connectivity index (χ1n) is 21.5. The molecule has 0 radical (unpaired) electrons. The second-order valence-electron chi connectivity index (χ2n) is 16.6. The van der Waals surface area contributed by atoms with Crippen molar-refractivity contribution in [3.05, 3.63) is 253 Å². The Labute approximate surface area is 359 Å². The Morgan fingerprint density at radius 3 is 0.952 bits per heavy atom. The summed E-state index contributed by atoms with van der Waals surface area (Å²) in [7, 11) is 0. The molecule has 0 atom stereocenters. The van der Waals surface area contributed by atoms with Crippen molar-refractivity contribution in [2.45, 2.75) is 5.41 Å². The van der Waals surface area contributed by atoms with Gasteiger partial charge in [0, 0.05) is 21.9 Å². The average molecular weight is 787 g/mol. The Morgan fingerprint density at radius 1 is 0.226 bits per heavy atom. The third-order valence-electron chi connectivity index (χ3n) is 13.5. The van der Waals surface area contributed by atoms with Crippen LogP contribution in [-0.4, -0.2) is 0 Å². The van der Waals surface area contributed by atoms with Crippen molar-refractivity contribution in [3.63, 3.8) is 0 Å². The largest absolute Gasteiger partial charge is 0.455 e. The van der Waals surface area contributed by atoms with E-state index in [-0.39, 0.29) is 0 Å². The van der Waals surface area contributed by atoms with Crippen molar-refractivity contribution in [1.29, 1.82) is 0 Å². The molecule has 1 heteroatoms. The van der Waals surface area contributed by atoms with E-state index in [0.29, 0.717) is 0 Å². The molecule has 0 spiro atoms. The molecule has 0 unspecified atom stereocenters. The van der Waals surface area contributed by atoms with Crippen molar-refractivity contribution < 1.29 is 4.74 Å². The van der Waals surface area contributed by atoms with Gasteiger partial charge in [0.2, 0.25) is 0 Å².